The van der Waals surface area contributed by atoms with Crippen molar-refractivity contribution in [2.24, 2.45) is 0 Å². The predicted octanol–water partition coefficient (Wildman–Crippen LogP) is 3.78. The molecule has 23 heavy (non-hydrogen) atoms. The van der Waals surface area contributed by atoms with Crippen molar-refractivity contribution in [2.45, 2.75) is 51.6 Å². The van der Waals surface area contributed by atoms with Crippen LogP contribution in [-0.4, -0.2) is 24.9 Å². The van der Waals surface area contributed by atoms with Crippen LogP contribution in [0.3, 0.4) is 0 Å². The minimum atomic E-state index is -0.531. The Hall–Kier alpha value is -2.06. The summed E-state index contributed by atoms with van der Waals surface area (Å²) in [5.41, 5.74) is 2.13. The molecule has 124 valence electrons. The Morgan fingerprint density at radius 2 is 2.13 bits per heavy atom. The minimum Gasteiger partial charge on any atom is -0.444 e. The normalized spacial score (nSPS) is 16.1. The van der Waals surface area contributed by atoms with E-state index in [1.54, 1.807) is 0 Å². The Labute approximate surface area is 137 Å². The lowest BCUT2D eigenvalue weighted by Crippen LogP contribution is -2.46. The molecule has 0 radical (unpaired) electrons. The largest absolute Gasteiger partial charge is 0.444 e. The molecule has 5 heteroatoms. The van der Waals surface area contributed by atoms with Gasteiger partial charge in [0.15, 0.2) is 0 Å². The second-order valence-electron chi connectivity index (χ2n) is 6.96. The molecular weight excluding hydrogens is 292 g/mol. The fourth-order valence-corrected chi connectivity index (χ4v) is 2.62. The van der Waals surface area contributed by atoms with E-state index in [4.69, 9.17) is 14.7 Å². The molecular formula is C18H24N2O3. The second-order valence-corrected chi connectivity index (χ2v) is 6.96. The monoisotopic (exact) mass is 316 g/mol. The van der Waals surface area contributed by atoms with Gasteiger partial charge in [-0.15, -0.1) is 0 Å². The molecule has 0 spiro atoms. The van der Waals surface area contributed by atoms with E-state index >= 15 is 0 Å². The number of hydrogen-bond acceptors (Lipinski definition) is 4. The Bertz CT molecular complexity index is 622. The highest BCUT2D eigenvalue weighted by Crippen LogP contribution is 2.37. The fourth-order valence-electron chi connectivity index (χ4n) is 2.62. The summed E-state index contributed by atoms with van der Waals surface area (Å²) in [5.74, 6) is 0. The van der Waals surface area contributed by atoms with Crippen molar-refractivity contribution in [3.05, 3.63) is 29.3 Å². The van der Waals surface area contributed by atoms with Gasteiger partial charge in [0.2, 0.25) is 0 Å². The van der Waals surface area contributed by atoms with E-state index in [-0.39, 0.29) is 5.41 Å². The first kappa shape index (κ1) is 17.3. The molecule has 1 aromatic carbocycles. The van der Waals surface area contributed by atoms with Gasteiger partial charge in [0, 0.05) is 12.1 Å². The SMILES string of the molecule is CCc1cc(C2(CC#N)COC2)ccc1NC(=O)OC(C)(C)C. The van der Waals surface area contributed by atoms with Gasteiger partial charge in [0.25, 0.3) is 0 Å². The van der Waals surface area contributed by atoms with Crippen molar-refractivity contribution in [2.75, 3.05) is 18.5 Å². The lowest BCUT2D eigenvalue weighted by Gasteiger charge is -2.40. The highest BCUT2D eigenvalue weighted by atomic mass is 16.6. The molecule has 0 atom stereocenters. The maximum atomic E-state index is 12.0. The van der Waals surface area contributed by atoms with Crippen LogP contribution in [0.1, 0.15) is 45.2 Å². The molecule has 1 amide bonds. The summed E-state index contributed by atoms with van der Waals surface area (Å²) in [7, 11) is 0. The number of nitrogens with zero attached hydrogens (tertiary/aromatic N) is 1. The van der Waals surface area contributed by atoms with Crippen LogP contribution in [0, 0.1) is 11.3 Å². The summed E-state index contributed by atoms with van der Waals surface area (Å²) in [4.78, 5) is 12.0. The maximum absolute atomic E-state index is 12.0. The summed E-state index contributed by atoms with van der Waals surface area (Å²) in [5, 5.41) is 11.9. The zero-order chi connectivity index (χ0) is 17.1. The van der Waals surface area contributed by atoms with Crippen molar-refractivity contribution in [1.29, 1.82) is 5.26 Å². The second kappa shape index (κ2) is 6.59. The number of aryl methyl sites for hydroxylation is 1. The van der Waals surface area contributed by atoms with Crippen LogP contribution < -0.4 is 5.32 Å². The molecule has 0 saturated carbocycles. The van der Waals surface area contributed by atoms with Gasteiger partial charge in [-0.25, -0.2) is 4.79 Å². The molecule has 1 N–H and O–H groups in total. The number of amides is 1. The maximum Gasteiger partial charge on any atom is 0.412 e. The predicted molar refractivity (Wildman–Crippen MR) is 88.4 cm³/mol. The van der Waals surface area contributed by atoms with Crippen LogP contribution in [-0.2, 0) is 21.3 Å². The topological polar surface area (TPSA) is 71.3 Å². The average molecular weight is 316 g/mol. The zero-order valence-electron chi connectivity index (χ0n) is 14.2. The van der Waals surface area contributed by atoms with Crippen LogP contribution in [0.2, 0.25) is 0 Å². The number of ether oxygens (including phenoxy) is 2. The standard InChI is InChI=1S/C18H24N2O3/c1-5-13-10-14(18(8-9-19)11-22-12-18)6-7-15(13)20-16(21)23-17(2,3)4/h6-7,10H,5,8,11-12H2,1-4H3,(H,20,21). The molecule has 1 heterocycles. The number of anilines is 1. The zero-order valence-corrected chi connectivity index (χ0v) is 14.2. The first-order valence-corrected chi connectivity index (χ1v) is 7.88. The first-order valence-electron chi connectivity index (χ1n) is 7.88. The van der Waals surface area contributed by atoms with Gasteiger partial charge < -0.3 is 9.47 Å². The lowest BCUT2D eigenvalue weighted by atomic mass is 9.75. The smallest absolute Gasteiger partial charge is 0.412 e. The van der Waals surface area contributed by atoms with E-state index in [2.05, 4.69) is 17.5 Å². The third-order valence-electron chi connectivity index (χ3n) is 3.91. The Balaban J connectivity index is 2.20. The van der Waals surface area contributed by atoms with E-state index in [9.17, 15) is 4.79 Å². The summed E-state index contributed by atoms with van der Waals surface area (Å²) in [6, 6.07) is 8.16. The first-order chi connectivity index (χ1) is 10.8. The molecule has 0 aliphatic carbocycles. The van der Waals surface area contributed by atoms with Crippen molar-refractivity contribution in [3.8, 4) is 6.07 Å². The van der Waals surface area contributed by atoms with Crippen LogP contribution >= 0.6 is 0 Å². The summed E-state index contributed by atoms with van der Waals surface area (Å²) in [6.45, 7) is 8.68. The van der Waals surface area contributed by atoms with Crippen LogP contribution in [0.25, 0.3) is 0 Å². The number of benzene rings is 1. The van der Waals surface area contributed by atoms with E-state index in [0.29, 0.717) is 19.6 Å². The van der Waals surface area contributed by atoms with Gasteiger partial charge in [-0.05, 0) is 44.4 Å². The van der Waals surface area contributed by atoms with Crippen LogP contribution in [0.5, 0.6) is 0 Å². The average Bonchev–Trinajstić information content (AvgIpc) is 2.41. The van der Waals surface area contributed by atoms with Crippen molar-refractivity contribution in [1.82, 2.24) is 0 Å². The van der Waals surface area contributed by atoms with Gasteiger partial charge in [0.1, 0.15) is 5.60 Å². The van der Waals surface area contributed by atoms with Crippen molar-refractivity contribution in [3.63, 3.8) is 0 Å². The third-order valence-corrected chi connectivity index (χ3v) is 3.91. The minimum absolute atomic E-state index is 0.205. The number of carbonyl (C=O) groups is 1. The van der Waals surface area contributed by atoms with E-state index in [0.717, 1.165) is 23.2 Å². The van der Waals surface area contributed by atoms with Crippen LogP contribution in [0.4, 0.5) is 10.5 Å². The van der Waals surface area contributed by atoms with Crippen LogP contribution in [0.15, 0.2) is 18.2 Å². The molecule has 1 aliphatic heterocycles. The molecule has 1 saturated heterocycles. The van der Waals surface area contributed by atoms with Crippen molar-refractivity contribution >= 4 is 11.8 Å². The molecule has 0 unspecified atom stereocenters. The molecule has 0 aromatic heterocycles. The Morgan fingerprint density at radius 3 is 2.61 bits per heavy atom. The highest BCUT2D eigenvalue weighted by molar-refractivity contribution is 5.86. The summed E-state index contributed by atoms with van der Waals surface area (Å²) < 4.78 is 10.6. The van der Waals surface area contributed by atoms with Gasteiger partial charge in [-0.1, -0.05) is 19.1 Å². The lowest BCUT2D eigenvalue weighted by molar-refractivity contribution is -0.0577. The quantitative estimate of drug-likeness (QED) is 0.917. The van der Waals surface area contributed by atoms with Gasteiger partial charge in [-0.3, -0.25) is 5.32 Å². The molecule has 0 bridgehead atoms. The molecule has 5 nitrogen and oxygen atoms in total. The van der Waals surface area contributed by atoms with E-state index < -0.39 is 11.7 Å². The highest BCUT2D eigenvalue weighted by Gasteiger charge is 2.40. The van der Waals surface area contributed by atoms with Gasteiger partial charge >= 0.3 is 6.09 Å². The Kier molecular flexibility index (Phi) is 4.96. The number of nitrogens with one attached hydrogen (secondary N) is 1. The molecule has 1 aliphatic rings. The summed E-state index contributed by atoms with van der Waals surface area (Å²) in [6.07, 6.45) is 0.760. The Morgan fingerprint density at radius 1 is 1.43 bits per heavy atom. The van der Waals surface area contributed by atoms with Gasteiger partial charge in [-0.2, -0.15) is 5.26 Å². The number of hydrogen-bond donors (Lipinski definition) is 1. The molecule has 2 rings (SSSR count). The third kappa shape index (κ3) is 4.02. The van der Waals surface area contributed by atoms with Crippen molar-refractivity contribution < 1.29 is 14.3 Å². The number of carbonyl (C=O) groups excluding carboxylic acids is 1. The summed E-state index contributed by atoms with van der Waals surface area (Å²) >= 11 is 0. The molecule has 1 fully saturated rings. The number of nitriles is 1. The van der Waals surface area contributed by atoms with E-state index in [1.807, 2.05) is 39.8 Å². The van der Waals surface area contributed by atoms with Gasteiger partial charge in [0.05, 0.1) is 24.7 Å². The number of rotatable bonds is 4. The van der Waals surface area contributed by atoms with E-state index in [1.165, 1.54) is 0 Å². The molecule has 1 aromatic rings. The fraction of sp³-hybridized carbons (Fsp3) is 0.556.